The number of nitrogens with one attached hydrogen (secondary N) is 2. The number of fused-ring (bicyclic) bond motifs is 1. The highest BCUT2D eigenvalue weighted by Crippen LogP contribution is 2.31. The average Bonchev–Trinajstić information content (AvgIpc) is 3.53. The highest BCUT2D eigenvalue weighted by Gasteiger charge is 2.21. The van der Waals surface area contributed by atoms with Gasteiger partial charge in [-0.3, -0.25) is 9.36 Å². The molecule has 1 amide bonds. The Morgan fingerprint density at radius 2 is 1.51 bits per heavy atom. The average molecular weight is 654 g/mol. The molecule has 10 nitrogen and oxygen atoms in total. The lowest BCUT2D eigenvalue weighted by Crippen LogP contribution is -2.24. The molecule has 0 spiro atoms. The molecular weight excluding hydrogens is 614 g/mol. The number of benzene rings is 4. The number of aromatic nitrogens is 4. The van der Waals surface area contributed by atoms with Crippen molar-refractivity contribution < 1.29 is 14.3 Å². The van der Waals surface area contributed by atoms with Gasteiger partial charge in [-0.1, -0.05) is 72.3 Å². The van der Waals surface area contributed by atoms with Gasteiger partial charge in [0.25, 0.3) is 0 Å². The maximum Gasteiger partial charge on any atom is 0.248 e. The van der Waals surface area contributed by atoms with Crippen molar-refractivity contribution in [3.05, 3.63) is 138 Å². The van der Waals surface area contributed by atoms with Crippen LogP contribution in [-0.2, 0) is 22.6 Å². The zero-order valence-electron chi connectivity index (χ0n) is 27.8. The minimum Gasteiger partial charge on any atom is -0.491 e. The van der Waals surface area contributed by atoms with Crippen LogP contribution in [0.1, 0.15) is 25.0 Å². The van der Waals surface area contributed by atoms with E-state index in [0.29, 0.717) is 54.9 Å². The van der Waals surface area contributed by atoms with Crippen molar-refractivity contribution in [2.45, 2.75) is 26.9 Å². The first kappa shape index (κ1) is 32.9. The van der Waals surface area contributed by atoms with E-state index >= 15 is 0 Å². The summed E-state index contributed by atoms with van der Waals surface area (Å²) >= 11 is 0. The van der Waals surface area contributed by atoms with Crippen molar-refractivity contribution in [2.24, 2.45) is 0 Å². The standard InChI is InChI=1S/C39H39N7O3/c1-28(2)23-35(47)41-32-15-10-16-33(24-32)46-27-40-36-37(45(25-29-11-6-4-7-12-29)26-30-13-8-5-9-14-30)43-39(44-38(36)46)42-31-17-19-34(20-18-31)49-22-21-48-3/h4-20,23-24,27H,21-22,25-26H2,1-3H3,(H,41,47)(H,42,43,44). The molecule has 10 heteroatoms. The van der Waals surface area contributed by atoms with Gasteiger partial charge in [0.1, 0.15) is 18.7 Å². The van der Waals surface area contributed by atoms with Crippen molar-refractivity contribution in [2.75, 3.05) is 35.9 Å². The molecule has 2 aromatic heterocycles. The lowest BCUT2D eigenvalue weighted by atomic mass is 10.1. The molecule has 2 N–H and O–H groups in total. The molecule has 0 aliphatic rings. The molecule has 0 unspecified atom stereocenters. The van der Waals surface area contributed by atoms with Crippen molar-refractivity contribution in [1.29, 1.82) is 0 Å². The number of anilines is 4. The highest BCUT2D eigenvalue weighted by atomic mass is 16.5. The lowest BCUT2D eigenvalue weighted by molar-refractivity contribution is -0.111. The van der Waals surface area contributed by atoms with Gasteiger partial charge in [0, 0.05) is 37.7 Å². The monoisotopic (exact) mass is 653 g/mol. The van der Waals surface area contributed by atoms with Crippen LogP contribution < -0.4 is 20.3 Å². The van der Waals surface area contributed by atoms with E-state index in [2.05, 4.69) is 39.8 Å². The molecule has 0 aliphatic carbocycles. The number of rotatable bonds is 14. The maximum atomic E-state index is 12.5. The summed E-state index contributed by atoms with van der Waals surface area (Å²) < 4.78 is 12.8. The van der Waals surface area contributed by atoms with Crippen molar-refractivity contribution in [1.82, 2.24) is 19.5 Å². The number of imidazole rings is 1. The first-order valence-electron chi connectivity index (χ1n) is 16.1. The number of methoxy groups -OCH3 is 1. The fraction of sp³-hybridized carbons (Fsp3) is 0.179. The molecule has 0 bridgehead atoms. The summed E-state index contributed by atoms with van der Waals surface area (Å²) in [5.74, 6) is 1.66. The molecular formula is C39H39N7O3. The molecule has 248 valence electrons. The van der Waals surface area contributed by atoms with Gasteiger partial charge in [-0.25, -0.2) is 4.98 Å². The first-order chi connectivity index (χ1) is 23.9. The molecule has 0 saturated heterocycles. The van der Waals surface area contributed by atoms with Crippen LogP contribution in [0.2, 0.25) is 0 Å². The van der Waals surface area contributed by atoms with E-state index in [1.165, 1.54) is 0 Å². The summed E-state index contributed by atoms with van der Waals surface area (Å²) in [6, 6.07) is 35.9. The van der Waals surface area contributed by atoms with E-state index in [1.807, 2.05) is 103 Å². The summed E-state index contributed by atoms with van der Waals surface area (Å²) in [5, 5.41) is 6.36. The molecule has 2 heterocycles. The normalized spacial score (nSPS) is 10.8. The van der Waals surface area contributed by atoms with Gasteiger partial charge >= 0.3 is 0 Å². The quantitative estimate of drug-likeness (QED) is 0.0911. The number of nitrogens with zero attached hydrogens (tertiary/aromatic N) is 5. The summed E-state index contributed by atoms with van der Waals surface area (Å²) in [6.45, 7) is 5.97. The number of hydrogen-bond donors (Lipinski definition) is 2. The Bertz CT molecular complexity index is 1980. The summed E-state index contributed by atoms with van der Waals surface area (Å²) in [5.41, 5.74) is 6.73. The number of carbonyl (C=O) groups is 1. The SMILES string of the molecule is COCCOc1ccc(Nc2nc(N(Cc3ccccc3)Cc3ccccc3)c3ncn(-c4cccc(NC(=O)C=C(C)C)c4)c3n2)cc1. The van der Waals surface area contributed by atoms with Crippen LogP contribution in [0.5, 0.6) is 5.75 Å². The van der Waals surface area contributed by atoms with Gasteiger partial charge < -0.3 is 25.0 Å². The van der Waals surface area contributed by atoms with Crippen molar-refractivity contribution >= 4 is 40.2 Å². The minimum atomic E-state index is -0.184. The molecule has 6 aromatic rings. The van der Waals surface area contributed by atoms with Gasteiger partial charge in [0.15, 0.2) is 17.0 Å². The summed E-state index contributed by atoms with van der Waals surface area (Å²) in [4.78, 5) is 29.7. The fourth-order valence-electron chi connectivity index (χ4n) is 5.34. The van der Waals surface area contributed by atoms with Crippen LogP contribution in [0.25, 0.3) is 16.9 Å². The molecule has 0 radical (unpaired) electrons. The van der Waals surface area contributed by atoms with Gasteiger partial charge in [0.2, 0.25) is 11.9 Å². The zero-order chi connectivity index (χ0) is 34.0. The number of allylic oxidation sites excluding steroid dienone is 1. The highest BCUT2D eigenvalue weighted by molar-refractivity contribution is 5.99. The number of carbonyl (C=O) groups excluding carboxylic acids is 1. The smallest absolute Gasteiger partial charge is 0.248 e. The molecule has 0 fully saturated rings. The third kappa shape index (κ3) is 8.68. The Labute approximate surface area is 286 Å². The molecule has 4 aromatic carbocycles. The maximum absolute atomic E-state index is 12.5. The van der Waals surface area contributed by atoms with Crippen LogP contribution in [0.15, 0.2) is 127 Å². The van der Waals surface area contributed by atoms with Gasteiger partial charge in [-0.15, -0.1) is 0 Å². The van der Waals surface area contributed by atoms with E-state index in [-0.39, 0.29) is 5.91 Å². The van der Waals surface area contributed by atoms with E-state index in [4.69, 9.17) is 24.4 Å². The van der Waals surface area contributed by atoms with Crippen molar-refractivity contribution in [3.8, 4) is 11.4 Å². The number of amides is 1. The second-order valence-electron chi connectivity index (χ2n) is 11.7. The second-order valence-corrected chi connectivity index (χ2v) is 11.7. The predicted octanol–water partition coefficient (Wildman–Crippen LogP) is 7.70. The topological polar surface area (TPSA) is 106 Å². The van der Waals surface area contributed by atoms with Crippen LogP contribution in [-0.4, -0.2) is 45.7 Å². The van der Waals surface area contributed by atoms with Crippen molar-refractivity contribution in [3.63, 3.8) is 0 Å². The van der Waals surface area contributed by atoms with E-state index < -0.39 is 0 Å². The molecule has 0 aliphatic heterocycles. The Kier molecular flexibility index (Phi) is 10.6. The first-order valence-corrected chi connectivity index (χ1v) is 16.1. The third-order valence-electron chi connectivity index (χ3n) is 7.59. The number of hydrogen-bond acceptors (Lipinski definition) is 8. The Hall–Kier alpha value is -6.00. The van der Waals surface area contributed by atoms with Gasteiger partial charge in [0.05, 0.1) is 12.3 Å². The Morgan fingerprint density at radius 1 is 0.816 bits per heavy atom. The van der Waals surface area contributed by atoms with Crippen LogP contribution >= 0.6 is 0 Å². The fourth-order valence-corrected chi connectivity index (χ4v) is 5.34. The lowest BCUT2D eigenvalue weighted by Gasteiger charge is -2.25. The zero-order valence-corrected chi connectivity index (χ0v) is 27.8. The Morgan fingerprint density at radius 3 is 2.16 bits per heavy atom. The van der Waals surface area contributed by atoms with E-state index in [1.54, 1.807) is 19.5 Å². The largest absolute Gasteiger partial charge is 0.491 e. The summed E-state index contributed by atoms with van der Waals surface area (Å²) in [6.07, 6.45) is 3.32. The van der Waals surface area contributed by atoms with Crippen LogP contribution in [0.3, 0.4) is 0 Å². The minimum absolute atomic E-state index is 0.184. The molecule has 6 rings (SSSR count). The number of ether oxygens (including phenoxy) is 2. The van der Waals surface area contributed by atoms with Gasteiger partial charge in [-0.05, 0) is 67.4 Å². The van der Waals surface area contributed by atoms with Gasteiger partial charge in [-0.2, -0.15) is 9.97 Å². The third-order valence-corrected chi connectivity index (χ3v) is 7.59. The second kappa shape index (κ2) is 15.7. The summed E-state index contributed by atoms with van der Waals surface area (Å²) in [7, 11) is 1.65. The molecule has 49 heavy (non-hydrogen) atoms. The Balaban J connectivity index is 1.43. The molecule has 0 atom stereocenters. The van der Waals surface area contributed by atoms with E-state index in [0.717, 1.165) is 33.8 Å². The van der Waals surface area contributed by atoms with Crippen LogP contribution in [0.4, 0.5) is 23.1 Å². The van der Waals surface area contributed by atoms with E-state index in [9.17, 15) is 4.79 Å². The predicted molar refractivity (Wildman–Crippen MR) is 195 cm³/mol. The van der Waals surface area contributed by atoms with Crippen LogP contribution in [0, 0.1) is 0 Å². The molecule has 0 saturated carbocycles.